The standard InChI is InChI=1S/C21H28N2O3/c1-15-4-5-18(12-16(15)2)6-7-22-21(24)20-17(3)13-19(26-20)14-23-8-10-25-11-9-23/h4-5,12-13H,6-11,14H2,1-3H3,(H,22,24). The van der Waals surface area contributed by atoms with Crippen molar-refractivity contribution < 1.29 is 13.9 Å². The number of hydrogen-bond acceptors (Lipinski definition) is 4. The molecular formula is C21H28N2O3. The SMILES string of the molecule is Cc1ccc(CCNC(=O)c2oc(CN3CCOCC3)cc2C)cc1C. The van der Waals surface area contributed by atoms with Crippen molar-refractivity contribution in [3.8, 4) is 0 Å². The molecule has 1 saturated heterocycles. The van der Waals surface area contributed by atoms with Gasteiger partial charge < -0.3 is 14.5 Å². The van der Waals surface area contributed by atoms with Crippen molar-refractivity contribution in [2.75, 3.05) is 32.8 Å². The summed E-state index contributed by atoms with van der Waals surface area (Å²) >= 11 is 0. The van der Waals surface area contributed by atoms with E-state index in [0.717, 1.165) is 50.6 Å². The Morgan fingerprint density at radius 1 is 1.08 bits per heavy atom. The summed E-state index contributed by atoms with van der Waals surface area (Å²) in [4.78, 5) is 14.7. The predicted molar refractivity (Wildman–Crippen MR) is 101 cm³/mol. The molecule has 5 heteroatoms. The number of ether oxygens (including phenoxy) is 1. The number of nitrogens with zero attached hydrogens (tertiary/aromatic N) is 1. The van der Waals surface area contributed by atoms with E-state index in [1.54, 1.807) is 0 Å². The second-order valence-corrected chi connectivity index (χ2v) is 7.04. The van der Waals surface area contributed by atoms with E-state index in [1.807, 2.05) is 13.0 Å². The molecule has 1 amide bonds. The average molecular weight is 356 g/mol. The van der Waals surface area contributed by atoms with Crippen LogP contribution in [-0.4, -0.2) is 43.7 Å². The van der Waals surface area contributed by atoms with Gasteiger partial charge >= 0.3 is 0 Å². The van der Waals surface area contributed by atoms with Gasteiger partial charge in [0.2, 0.25) is 0 Å². The van der Waals surface area contributed by atoms with Crippen molar-refractivity contribution in [2.24, 2.45) is 0 Å². The highest BCUT2D eigenvalue weighted by atomic mass is 16.5. The van der Waals surface area contributed by atoms with Gasteiger partial charge in [-0.15, -0.1) is 0 Å². The normalized spacial score (nSPS) is 15.2. The van der Waals surface area contributed by atoms with E-state index in [2.05, 4.69) is 42.3 Å². The second-order valence-electron chi connectivity index (χ2n) is 7.04. The number of furan rings is 1. The number of morpholine rings is 1. The molecule has 2 heterocycles. The minimum atomic E-state index is -0.139. The van der Waals surface area contributed by atoms with Gasteiger partial charge in [-0.1, -0.05) is 18.2 Å². The molecule has 1 aromatic carbocycles. The number of carbonyl (C=O) groups excluding carboxylic acids is 1. The lowest BCUT2D eigenvalue weighted by molar-refractivity contribution is 0.0311. The molecule has 3 rings (SSSR count). The lowest BCUT2D eigenvalue weighted by Gasteiger charge is -2.25. The van der Waals surface area contributed by atoms with Crippen LogP contribution in [0.3, 0.4) is 0 Å². The molecule has 0 spiro atoms. The molecule has 0 radical (unpaired) electrons. The number of rotatable bonds is 6. The highest BCUT2D eigenvalue weighted by Gasteiger charge is 2.18. The summed E-state index contributed by atoms with van der Waals surface area (Å²) in [6.45, 7) is 10.8. The maximum Gasteiger partial charge on any atom is 0.287 e. The molecule has 1 aliphatic heterocycles. The second kappa shape index (κ2) is 8.52. The first-order valence-electron chi connectivity index (χ1n) is 9.26. The van der Waals surface area contributed by atoms with Gasteiger partial charge in [-0.25, -0.2) is 0 Å². The van der Waals surface area contributed by atoms with Crippen molar-refractivity contribution in [1.29, 1.82) is 0 Å². The molecule has 0 atom stereocenters. The Morgan fingerprint density at radius 3 is 2.58 bits per heavy atom. The Labute approximate surface area is 155 Å². The summed E-state index contributed by atoms with van der Waals surface area (Å²) < 4.78 is 11.2. The van der Waals surface area contributed by atoms with Crippen molar-refractivity contribution in [3.05, 3.63) is 58.0 Å². The quantitative estimate of drug-likeness (QED) is 0.864. The maximum absolute atomic E-state index is 12.4. The number of amides is 1. The van der Waals surface area contributed by atoms with Crippen LogP contribution in [0.25, 0.3) is 0 Å². The van der Waals surface area contributed by atoms with Crippen molar-refractivity contribution in [3.63, 3.8) is 0 Å². The Kier molecular flexibility index (Phi) is 6.12. The van der Waals surface area contributed by atoms with E-state index >= 15 is 0 Å². The van der Waals surface area contributed by atoms with Gasteiger partial charge in [0.05, 0.1) is 19.8 Å². The zero-order valence-corrected chi connectivity index (χ0v) is 15.9. The number of hydrogen-bond donors (Lipinski definition) is 1. The van der Waals surface area contributed by atoms with Crippen LogP contribution in [0.5, 0.6) is 0 Å². The number of carbonyl (C=O) groups is 1. The van der Waals surface area contributed by atoms with Crippen LogP contribution in [0.15, 0.2) is 28.7 Å². The molecule has 1 aliphatic rings. The summed E-state index contributed by atoms with van der Waals surface area (Å²) in [5.41, 5.74) is 4.69. The van der Waals surface area contributed by atoms with E-state index in [1.165, 1.54) is 16.7 Å². The van der Waals surface area contributed by atoms with Crippen LogP contribution < -0.4 is 5.32 Å². The van der Waals surface area contributed by atoms with Crippen molar-refractivity contribution in [1.82, 2.24) is 10.2 Å². The first-order chi connectivity index (χ1) is 12.5. The Morgan fingerprint density at radius 2 is 1.85 bits per heavy atom. The number of benzene rings is 1. The largest absolute Gasteiger partial charge is 0.454 e. The third kappa shape index (κ3) is 4.74. The summed E-state index contributed by atoms with van der Waals surface area (Å²) in [5.74, 6) is 1.12. The van der Waals surface area contributed by atoms with Gasteiger partial charge in [0, 0.05) is 25.2 Å². The monoisotopic (exact) mass is 356 g/mol. The maximum atomic E-state index is 12.4. The van der Waals surface area contributed by atoms with Gasteiger partial charge in [0.25, 0.3) is 5.91 Å². The van der Waals surface area contributed by atoms with E-state index in [9.17, 15) is 4.79 Å². The molecule has 2 aromatic rings. The van der Waals surface area contributed by atoms with Gasteiger partial charge in [-0.3, -0.25) is 9.69 Å². The van der Waals surface area contributed by atoms with Crippen LogP contribution in [0, 0.1) is 20.8 Å². The fourth-order valence-corrected chi connectivity index (χ4v) is 3.19. The predicted octanol–water partition coefficient (Wildman–Crippen LogP) is 3.01. The van der Waals surface area contributed by atoms with Gasteiger partial charge in [0.1, 0.15) is 5.76 Å². The molecule has 0 bridgehead atoms. The summed E-state index contributed by atoms with van der Waals surface area (Å²) in [7, 11) is 0. The third-order valence-corrected chi connectivity index (χ3v) is 4.93. The van der Waals surface area contributed by atoms with Crippen LogP contribution in [0.4, 0.5) is 0 Å². The Bertz CT molecular complexity index is 761. The topological polar surface area (TPSA) is 54.7 Å². The smallest absolute Gasteiger partial charge is 0.287 e. The number of aryl methyl sites for hydroxylation is 3. The fourth-order valence-electron chi connectivity index (χ4n) is 3.19. The van der Waals surface area contributed by atoms with Crippen LogP contribution in [-0.2, 0) is 17.7 Å². The molecule has 26 heavy (non-hydrogen) atoms. The summed E-state index contributed by atoms with van der Waals surface area (Å²) in [6.07, 6.45) is 0.813. The molecular weight excluding hydrogens is 328 g/mol. The molecule has 0 unspecified atom stereocenters. The van der Waals surface area contributed by atoms with Crippen LogP contribution >= 0.6 is 0 Å². The molecule has 0 saturated carbocycles. The first-order valence-corrected chi connectivity index (χ1v) is 9.26. The highest BCUT2D eigenvalue weighted by molar-refractivity contribution is 5.92. The number of nitrogens with one attached hydrogen (secondary N) is 1. The first kappa shape index (κ1) is 18.7. The molecule has 0 aliphatic carbocycles. The molecule has 1 aromatic heterocycles. The molecule has 5 nitrogen and oxygen atoms in total. The average Bonchev–Trinajstić information content (AvgIpc) is 2.99. The zero-order valence-electron chi connectivity index (χ0n) is 15.9. The summed E-state index contributed by atoms with van der Waals surface area (Å²) in [6, 6.07) is 8.39. The highest BCUT2D eigenvalue weighted by Crippen LogP contribution is 2.17. The van der Waals surface area contributed by atoms with Gasteiger partial charge in [0.15, 0.2) is 5.76 Å². The Hall–Kier alpha value is -2.11. The van der Waals surface area contributed by atoms with E-state index in [-0.39, 0.29) is 5.91 Å². The minimum Gasteiger partial charge on any atom is -0.454 e. The van der Waals surface area contributed by atoms with E-state index in [0.29, 0.717) is 12.3 Å². The van der Waals surface area contributed by atoms with Gasteiger partial charge in [-0.2, -0.15) is 0 Å². The molecule has 1 N–H and O–H groups in total. The van der Waals surface area contributed by atoms with Crippen LogP contribution in [0.2, 0.25) is 0 Å². The zero-order chi connectivity index (χ0) is 18.5. The molecule has 140 valence electrons. The lowest BCUT2D eigenvalue weighted by atomic mass is 10.0. The minimum absolute atomic E-state index is 0.139. The summed E-state index contributed by atoms with van der Waals surface area (Å²) in [5, 5.41) is 2.97. The van der Waals surface area contributed by atoms with Crippen molar-refractivity contribution in [2.45, 2.75) is 33.7 Å². The van der Waals surface area contributed by atoms with Crippen molar-refractivity contribution >= 4 is 5.91 Å². The fraction of sp³-hybridized carbons (Fsp3) is 0.476. The van der Waals surface area contributed by atoms with E-state index < -0.39 is 0 Å². The van der Waals surface area contributed by atoms with Crippen LogP contribution in [0.1, 0.15) is 38.6 Å². The third-order valence-electron chi connectivity index (χ3n) is 4.93. The molecule has 1 fully saturated rings. The van der Waals surface area contributed by atoms with E-state index in [4.69, 9.17) is 9.15 Å². The lowest BCUT2D eigenvalue weighted by Crippen LogP contribution is -2.35. The Balaban J connectivity index is 1.53. The van der Waals surface area contributed by atoms with Gasteiger partial charge in [-0.05, 0) is 49.9 Å².